The van der Waals surface area contributed by atoms with Crippen molar-refractivity contribution in [1.29, 1.82) is 0 Å². The van der Waals surface area contributed by atoms with Gasteiger partial charge in [-0.15, -0.1) is 0 Å². The average Bonchev–Trinajstić information content (AvgIpc) is 3.77. The van der Waals surface area contributed by atoms with Gasteiger partial charge < -0.3 is 14.0 Å². The van der Waals surface area contributed by atoms with E-state index in [4.69, 9.17) is 24.4 Å². The molecule has 0 bridgehead atoms. The fourth-order valence-corrected chi connectivity index (χ4v) is 9.27. The second-order valence-electron chi connectivity index (χ2n) is 16.0. The lowest BCUT2D eigenvalue weighted by Gasteiger charge is -2.26. The van der Waals surface area contributed by atoms with Gasteiger partial charge in [-0.05, 0) is 70.8 Å². The van der Waals surface area contributed by atoms with Crippen LogP contribution in [0.4, 0.5) is 0 Å². The van der Waals surface area contributed by atoms with E-state index in [1.54, 1.807) is 0 Å². The van der Waals surface area contributed by atoms with Crippen LogP contribution in [0, 0.1) is 0 Å². The van der Waals surface area contributed by atoms with Gasteiger partial charge in [-0.2, -0.15) is 0 Å². The molecule has 0 N–H and O–H groups in total. The highest BCUT2D eigenvalue weighted by Crippen LogP contribution is 2.59. The predicted molar refractivity (Wildman–Crippen MR) is 240 cm³/mol. The summed E-state index contributed by atoms with van der Waals surface area (Å²) < 4.78 is 16.0. The van der Waals surface area contributed by atoms with Gasteiger partial charge in [0.2, 0.25) is 0 Å². The van der Waals surface area contributed by atoms with Crippen LogP contribution in [-0.2, 0) is 5.41 Å². The van der Waals surface area contributed by atoms with Gasteiger partial charge in [0.1, 0.15) is 0 Å². The Morgan fingerprint density at radius 2 is 0.967 bits per heavy atom. The highest BCUT2D eigenvalue weighted by molar-refractivity contribution is 6.09. The summed E-state index contributed by atoms with van der Waals surface area (Å²) in [6, 6.07) is 62.8. The van der Waals surface area contributed by atoms with Crippen molar-refractivity contribution in [2.75, 3.05) is 0 Å². The van der Waals surface area contributed by atoms with E-state index >= 15 is 0 Å². The van der Waals surface area contributed by atoms with Crippen molar-refractivity contribution in [1.82, 2.24) is 19.5 Å². The maximum absolute atomic E-state index is 7.05. The molecule has 3 heterocycles. The van der Waals surface area contributed by atoms with Gasteiger partial charge >= 0.3 is 0 Å². The molecule has 6 nitrogen and oxygen atoms in total. The first-order valence-corrected chi connectivity index (χ1v) is 20.3. The van der Waals surface area contributed by atoms with E-state index < -0.39 is 0 Å². The molecule has 1 aliphatic carbocycles. The summed E-state index contributed by atoms with van der Waals surface area (Å²) in [6.45, 7) is 4.55. The molecule has 284 valence electrons. The Kier molecular flexibility index (Phi) is 7.47. The smallest absolute Gasteiger partial charge is 0.178 e. The number of fused-ring (bicyclic) bond motifs is 9. The van der Waals surface area contributed by atoms with Gasteiger partial charge in [-0.1, -0.05) is 147 Å². The zero-order valence-electron chi connectivity index (χ0n) is 32.9. The van der Waals surface area contributed by atoms with Crippen molar-refractivity contribution in [3.63, 3.8) is 0 Å². The molecular weight excluding hydrogens is 737 g/mol. The molecule has 0 atom stereocenters. The molecule has 0 saturated heterocycles. The third-order valence-corrected chi connectivity index (χ3v) is 12.2. The summed E-state index contributed by atoms with van der Waals surface area (Å²) in [5.74, 6) is 4.50. The summed E-state index contributed by atoms with van der Waals surface area (Å²) in [4.78, 5) is 15.4. The summed E-state index contributed by atoms with van der Waals surface area (Å²) in [7, 11) is 0. The van der Waals surface area contributed by atoms with Gasteiger partial charge in [0.05, 0.1) is 11.0 Å². The predicted octanol–water partition coefficient (Wildman–Crippen LogP) is 13.8. The van der Waals surface area contributed by atoms with Gasteiger partial charge in [-0.3, -0.25) is 0 Å². The number of hydrogen-bond donors (Lipinski definition) is 0. The van der Waals surface area contributed by atoms with Crippen LogP contribution in [0.15, 0.2) is 182 Å². The van der Waals surface area contributed by atoms with E-state index in [1.165, 1.54) is 27.5 Å². The Bertz CT molecular complexity index is 3300. The van der Waals surface area contributed by atoms with Crippen molar-refractivity contribution in [3.05, 3.63) is 193 Å². The summed E-state index contributed by atoms with van der Waals surface area (Å²) in [5.41, 5.74) is 12.4. The van der Waals surface area contributed by atoms with Crippen molar-refractivity contribution in [2.45, 2.75) is 19.3 Å². The topological polar surface area (TPSA) is 62.1 Å². The lowest BCUT2D eigenvalue weighted by Crippen LogP contribution is -2.15. The van der Waals surface area contributed by atoms with E-state index in [-0.39, 0.29) is 5.41 Å². The molecule has 0 unspecified atom stereocenters. The minimum Gasteiger partial charge on any atom is -0.449 e. The van der Waals surface area contributed by atoms with Crippen molar-refractivity contribution >= 4 is 21.8 Å². The number of hydrogen-bond acceptors (Lipinski definition) is 5. The van der Waals surface area contributed by atoms with Crippen molar-refractivity contribution in [3.8, 4) is 85.1 Å². The molecule has 1 aliphatic heterocycles. The third kappa shape index (κ3) is 5.17. The molecule has 6 heteroatoms. The first kappa shape index (κ1) is 34.2. The molecule has 0 saturated carbocycles. The average molecular weight is 773 g/mol. The molecular formula is C54H36N4O2. The Hall–Kier alpha value is -7.83. The van der Waals surface area contributed by atoms with Gasteiger partial charge in [0.15, 0.2) is 40.5 Å². The van der Waals surface area contributed by atoms with Crippen LogP contribution >= 0.6 is 0 Å². The molecule has 60 heavy (non-hydrogen) atoms. The molecule has 10 aromatic rings. The quantitative estimate of drug-likeness (QED) is 0.174. The number of para-hydroxylation sites is 3. The monoisotopic (exact) mass is 772 g/mol. The zero-order valence-corrected chi connectivity index (χ0v) is 32.9. The van der Waals surface area contributed by atoms with Crippen LogP contribution in [0.5, 0.6) is 23.0 Å². The first-order valence-electron chi connectivity index (χ1n) is 20.3. The summed E-state index contributed by atoms with van der Waals surface area (Å²) in [6.07, 6.45) is 0. The lowest BCUT2D eigenvalue weighted by atomic mass is 9.82. The molecule has 0 spiro atoms. The molecule has 0 amide bonds. The first-order chi connectivity index (χ1) is 29.5. The Balaban J connectivity index is 0.985. The second-order valence-corrected chi connectivity index (χ2v) is 16.0. The van der Waals surface area contributed by atoms with Crippen LogP contribution in [0.3, 0.4) is 0 Å². The third-order valence-electron chi connectivity index (χ3n) is 12.2. The number of ether oxygens (including phenoxy) is 2. The molecule has 0 fully saturated rings. The normalized spacial score (nSPS) is 13.2. The van der Waals surface area contributed by atoms with E-state index in [1.807, 2.05) is 60.7 Å². The fraction of sp³-hybridized carbons (Fsp3) is 0.0556. The molecule has 12 rings (SSSR count). The largest absolute Gasteiger partial charge is 0.449 e. The highest BCUT2D eigenvalue weighted by atomic mass is 16.6. The van der Waals surface area contributed by atoms with E-state index in [0.29, 0.717) is 34.7 Å². The fourth-order valence-electron chi connectivity index (χ4n) is 9.27. The lowest BCUT2D eigenvalue weighted by molar-refractivity contribution is 0.361. The van der Waals surface area contributed by atoms with Gasteiger partial charge in [0, 0.05) is 49.7 Å². The van der Waals surface area contributed by atoms with Crippen LogP contribution in [0.1, 0.15) is 25.0 Å². The van der Waals surface area contributed by atoms with Crippen LogP contribution in [0.25, 0.3) is 83.9 Å². The maximum atomic E-state index is 7.05. The highest BCUT2D eigenvalue weighted by Gasteiger charge is 2.40. The van der Waals surface area contributed by atoms with E-state index in [0.717, 1.165) is 55.9 Å². The van der Waals surface area contributed by atoms with Gasteiger partial charge in [0.25, 0.3) is 0 Å². The number of aromatic nitrogens is 4. The van der Waals surface area contributed by atoms with Crippen LogP contribution in [0.2, 0.25) is 0 Å². The minimum absolute atomic E-state index is 0.172. The Morgan fingerprint density at radius 1 is 0.400 bits per heavy atom. The van der Waals surface area contributed by atoms with Crippen molar-refractivity contribution in [2.24, 2.45) is 0 Å². The molecule has 8 aromatic carbocycles. The molecule has 2 aromatic heterocycles. The minimum atomic E-state index is -0.172. The van der Waals surface area contributed by atoms with E-state index in [2.05, 4.69) is 140 Å². The Labute approximate surface area is 347 Å². The SMILES string of the molecule is CC1(C)c2ccccc2-c2c1ccc1c2Oc2c(cccc2-c2ccccc2-c2nc(-c3ccccc3)nc(-c3ccc(-n4c5ccccc5c5ccccc54)cc3)n2)O1. The number of nitrogens with zero attached hydrogens (tertiary/aromatic N) is 4. The molecule has 0 radical (unpaired) electrons. The standard InChI is InChI=1S/C54H36N4O2/c1-54(2)42-23-11-8-21-41(42)48-43(54)31-32-47-50(48)60-49-39(22-14-26-46(49)59-47)36-17-6-7-20-40(36)53-56-51(33-15-4-3-5-16-33)55-52(57-53)34-27-29-35(30-28-34)58-44-24-12-9-18-37(44)38-19-10-13-25-45(38)58/h3-32H,1-2H3. The molecule has 2 aliphatic rings. The van der Waals surface area contributed by atoms with Crippen LogP contribution in [-0.4, -0.2) is 19.5 Å². The maximum Gasteiger partial charge on any atom is 0.178 e. The second kappa shape index (κ2) is 13.1. The zero-order chi connectivity index (χ0) is 40.0. The van der Waals surface area contributed by atoms with Crippen molar-refractivity contribution < 1.29 is 9.47 Å². The number of rotatable bonds is 5. The van der Waals surface area contributed by atoms with Crippen LogP contribution < -0.4 is 9.47 Å². The summed E-state index contributed by atoms with van der Waals surface area (Å²) >= 11 is 0. The Morgan fingerprint density at radius 3 is 1.70 bits per heavy atom. The van der Waals surface area contributed by atoms with Gasteiger partial charge in [-0.25, -0.2) is 15.0 Å². The number of benzene rings is 8. The summed E-state index contributed by atoms with van der Waals surface area (Å²) in [5, 5.41) is 2.45. The van der Waals surface area contributed by atoms with E-state index in [9.17, 15) is 0 Å².